The minimum Gasteiger partial charge on any atom is -0.468 e. The average Bonchev–Trinajstić information content (AvgIpc) is 3.05. The first kappa shape index (κ1) is 13.6. The van der Waals surface area contributed by atoms with Gasteiger partial charge in [-0.2, -0.15) is 0 Å². The number of rotatable bonds is 8. The molecule has 1 aliphatic rings. The monoisotopic (exact) mass is 251 g/mol. The van der Waals surface area contributed by atoms with Crippen LogP contribution in [0.5, 0.6) is 0 Å². The molecule has 0 bridgehead atoms. The molecule has 1 fully saturated rings. The van der Waals surface area contributed by atoms with Crippen LogP contribution in [-0.2, 0) is 4.74 Å². The van der Waals surface area contributed by atoms with Crippen molar-refractivity contribution in [1.82, 2.24) is 5.32 Å². The summed E-state index contributed by atoms with van der Waals surface area (Å²) in [5.41, 5.74) is 0. The Bertz CT molecular complexity index is 304. The SMILES string of the molecule is CCCNC(CCCC1CCCO1)c1ccco1. The second-order valence-electron chi connectivity index (χ2n) is 5.09. The Balaban J connectivity index is 1.74. The summed E-state index contributed by atoms with van der Waals surface area (Å²) >= 11 is 0. The summed E-state index contributed by atoms with van der Waals surface area (Å²) < 4.78 is 11.2. The predicted octanol–water partition coefficient (Wildman–Crippen LogP) is 3.67. The molecule has 0 radical (unpaired) electrons. The lowest BCUT2D eigenvalue weighted by Crippen LogP contribution is -2.22. The van der Waals surface area contributed by atoms with Gasteiger partial charge in [0.05, 0.1) is 18.4 Å². The molecular formula is C15H25NO2. The molecule has 0 saturated carbocycles. The van der Waals surface area contributed by atoms with Crippen LogP contribution in [0.1, 0.15) is 57.3 Å². The maximum Gasteiger partial charge on any atom is 0.120 e. The molecule has 2 unspecified atom stereocenters. The van der Waals surface area contributed by atoms with Crippen molar-refractivity contribution in [3.8, 4) is 0 Å². The van der Waals surface area contributed by atoms with Crippen LogP contribution < -0.4 is 5.32 Å². The van der Waals surface area contributed by atoms with Crippen molar-refractivity contribution in [3.63, 3.8) is 0 Å². The van der Waals surface area contributed by atoms with Gasteiger partial charge in [-0.15, -0.1) is 0 Å². The van der Waals surface area contributed by atoms with Crippen molar-refractivity contribution in [2.24, 2.45) is 0 Å². The summed E-state index contributed by atoms with van der Waals surface area (Å²) in [4.78, 5) is 0. The second kappa shape index (κ2) is 7.59. The Kier molecular flexibility index (Phi) is 5.75. The Morgan fingerprint density at radius 3 is 3.11 bits per heavy atom. The van der Waals surface area contributed by atoms with Crippen molar-refractivity contribution in [3.05, 3.63) is 24.2 Å². The highest BCUT2D eigenvalue weighted by Crippen LogP contribution is 2.23. The molecule has 1 N–H and O–H groups in total. The van der Waals surface area contributed by atoms with Gasteiger partial charge < -0.3 is 14.5 Å². The second-order valence-corrected chi connectivity index (χ2v) is 5.09. The molecule has 0 aliphatic carbocycles. The summed E-state index contributed by atoms with van der Waals surface area (Å²) in [7, 11) is 0. The summed E-state index contributed by atoms with van der Waals surface area (Å²) in [5, 5.41) is 3.56. The Morgan fingerprint density at radius 1 is 1.50 bits per heavy atom. The lowest BCUT2D eigenvalue weighted by molar-refractivity contribution is 0.101. The van der Waals surface area contributed by atoms with Crippen LogP contribution in [-0.4, -0.2) is 19.3 Å². The van der Waals surface area contributed by atoms with Gasteiger partial charge in [-0.1, -0.05) is 6.92 Å². The van der Waals surface area contributed by atoms with Gasteiger partial charge in [-0.25, -0.2) is 0 Å². The lowest BCUT2D eigenvalue weighted by atomic mass is 10.0. The van der Waals surface area contributed by atoms with Crippen LogP contribution >= 0.6 is 0 Å². The number of nitrogens with one attached hydrogen (secondary N) is 1. The molecule has 0 spiro atoms. The third-order valence-electron chi connectivity index (χ3n) is 3.57. The van der Waals surface area contributed by atoms with Crippen molar-refractivity contribution in [1.29, 1.82) is 0 Å². The molecule has 1 aromatic heterocycles. The van der Waals surface area contributed by atoms with E-state index in [1.54, 1.807) is 6.26 Å². The van der Waals surface area contributed by atoms with Gasteiger partial charge in [0.25, 0.3) is 0 Å². The highest BCUT2D eigenvalue weighted by atomic mass is 16.5. The van der Waals surface area contributed by atoms with Crippen LogP contribution in [0.4, 0.5) is 0 Å². The maximum atomic E-state index is 5.66. The number of hydrogen-bond acceptors (Lipinski definition) is 3. The molecule has 3 nitrogen and oxygen atoms in total. The molecule has 102 valence electrons. The average molecular weight is 251 g/mol. The van der Waals surface area contributed by atoms with Crippen molar-refractivity contribution in [2.45, 2.75) is 57.6 Å². The van der Waals surface area contributed by atoms with E-state index in [0.717, 1.165) is 31.8 Å². The van der Waals surface area contributed by atoms with E-state index < -0.39 is 0 Å². The van der Waals surface area contributed by atoms with E-state index in [9.17, 15) is 0 Å². The van der Waals surface area contributed by atoms with E-state index in [1.807, 2.05) is 6.07 Å². The minimum absolute atomic E-state index is 0.362. The van der Waals surface area contributed by atoms with Crippen molar-refractivity contribution in [2.75, 3.05) is 13.2 Å². The molecule has 2 heterocycles. The van der Waals surface area contributed by atoms with E-state index in [-0.39, 0.29) is 0 Å². The summed E-state index contributed by atoms with van der Waals surface area (Å²) in [6, 6.07) is 4.40. The summed E-state index contributed by atoms with van der Waals surface area (Å²) in [6.45, 7) is 4.20. The Morgan fingerprint density at radius 2 is 2.44 bits per heavy atom. The number of ether oxygens (including phenoxy) is 1. The first-order chi connectivity index (χ1) is 8.90. The minimum atomic E-state index is 0.362. The third-order valence-corrected chi connectivity index (χ3v) is 3.57. The van der Waals surface area contributed by atoms with Crippen molar-refractivity contribution >= 4 is 0 Å². The van der Waals surface area contributed by atoms with Gasteiger partial charge in [0.2, 0.25) is 0 Å². The molecular weight excluding hydrogens is 226 g/mol. The Hall–Kier alpha value is -0.800. The molecule has 3 heteroatoms. The number of furan rings is 1. The fourth-order valence-electron chi connectivity index (χ4n) is 2.57. The predicted molar refractivity (Wildman–Crippen MR) is 72.6 cm³/mol. The van der Waals surface area contributed by atoms with Crippen molar-refractivity contribution < 1.29 is 9.15 Å². The molecule has 2 rings (SSSR count). The molecule has 2 atom stereocenters. The highest BCUT2D eigenvalue weighted by Gasteiger charge is 2.17. The van der Waals surface area contributed by atoms with E-state index in [0.29, 0.717) is 12.1 Å². The van der Waals surface area contributed by atoms with Crippen LogP contribution in [0.25, 0.3) is 0 Å². The van der Waals surface area contributed by atoms with E-state index >= 15 is 0 Å². The van der Waals surface area contributed by atoms with Crippen LogP contribution in [0, 0.1) is 0 Å². The third kappa shape index (κ3) is 4.14. The van der Waals surface area contributed by atoms with Gasteiger partial charge >= 0.3 is 0 Å². The molecule has 1 saturated heterocycles. The standard InChI is InChI=1S/C15H25NO2/c1-2-10-16-14(15-9-5-12-18-15)8-3-6-13-7-4-11-17-13/h5,9,12-14,16H,2-4,6-8,10-11H2,1H3. The van der Waals surface area contributed by atoms with Gasteiger partial charge in [0.1, 0.15) is 5.76 Å². The van der Waals surface area contributed by atoms with E-state index in [4.69, 9.17) is 9.15 Å². The number of hydrogen-bond donors (Lipinski definition) is 1. The molecule has 18 heavy (non-hydrogen) atoms. The maximum absolute atomic E-state index is 5.66. The van der Waals surface area contributed by atoms with E-state index in [2.05, 4.69) is 18.3 Å². The molecule has 1 aliphatic heterocycles. The van der Waals surface area contributed by atoms with Crippen LogP contribution in [0.15, 0.2) is 22.8 Å². The van der Waals surface area contributed by atoms with Crippen LogP contribution in [0.3, 0.4) is 0 Å². The van der Waals surface area contributed by atoms with Gasteiger partial charge in [0.15, 0.2) is 0 Å². The highest BCUT2D eigenvalue weighted by molar-refractivity contribution is 5.04. The largest absolute Gasteiger partial charge is 0.468 e. The molecule has 0 amide bonds. The zero-order valence-corrected chi connectivity index (χ0v) is 11.4. The Labute approximate surface area is 110 Å². The normalized spacial score (nSPS) is 21.3. The van der Waals surface area contributed by atoms with Gasteiger partial charge in [-0.3, -0.25) is 0 Å². The zero-order chi connectivity index (χ0) is 12.6. The van der Waals surface area contributed by atoms with Gasteiger partial charge in [-0.05, 0) is 57.2 Å². The molecule has 0 aromatic carbocycles. The fraction of sp³-hybridized carbons (Fsp3) is 0.733. The van der Waals surface area contributed by atoms with E-state index in [1.165, 1.54) is 25.7 Å². The topological polar surface area (TPSA) is 34.4 Å². The lowest BCUT2D eigenvalue weighted by Gasteiger charge is -2.17. The first-order valence-corrected chi connectivity index (χ1v) is 7.28. The molecule has 1 aromatic rings. The summed E-state index contributed by atoms with van der Waals surface area (Å²) in [5.74, 6) is 1.07. The fourth-order valence-corrected chi connectivity index (χ4v) is 2.57. The first-order valence-electron chi connectivity index (χ1n) is 7.28. The van der Waals surface area contributed by atoms with Crippen LogP contribution in [0.2, 0.25) is 0 Å². The summed E-state index contributed by atoms with van der Waals surface area (Å²) in [6.07, 6.45) is 9.42. The van der Waals surface area contributed by atoms with Gasteiger partial charge in [0, 0.05) is 6.61 Å². The quantitative estimate of drug-likeness (QED) is 0.765. The zero-order valence-electron chi connectivity index (χ0n) is 11.4. The smallest absolute Gasteiger partial charge is 0.120 e.